The van der Waals surface area contributed by atoms with Gasteiger partial charge in [-0.25, -0.2) is 4.98 Å². The lowest BCUT2D eigenvalue weighted by molar-refractivity contribution is -0.113. The van der Waals surface area contributed by atoms with Gasteiger partial charge in [0.15, 0.2) is 5.82 Å². The first-order chi connectivity index (χ1) is 13.2. The predicted molar refractivity (Wildman–Crippen MR) is 106 cm³/mol. The van der Waals surface area contributed by atoms with Crippen LogP contribution in [0.15, 0.2) is 47.3 Å². The second kappa shape index (κ2) is 5.96. The van der Waals surface area contributed by atoms with Crippen LogP contribution in [0.1, 0.15) is 5.56 Å². The Morgan fingerprint density at radius 3 is 2.93 bits per heavy atom. The summed E-state index contributed by atoms with van der Waals surface area (Å²) < 4.78 is 1.70. The lowest BCUT2D eigenvalue weighted by Crippen LogP contribution is -2.27. The van der Waals surface area contributed by atoms with E-state index >= 15 is 0 Å². The van der Waals surface area contributed by atoms with E-state index in [1.165, 1.54) is 10.9 Å². The number of carbonyl (C=O) groups excluding carboxylic acids is 1. The molecule has 2 aromatic heterocycles. The number of hydrogen-bond acceptors (Lipinski definition) is 3. The van der Waals surface area contributed by atoms with Crippen molar-refractivity contribution in [1.29, 1.82) is 0 Å². The first-order valence-electron chi connectivity index (χ1n) is 8.66. The van der Waals surface area contributed by atoms with E-state index in [0.717, 1.165) is 17.6 Å². The molecule has 0 bridgehead atoms. The summed E-state index contributed by atoms with van der Waals surface area (Å²) in [6.45, 7) is 0.574. The molecule has 6 nitrogen and oxygen atoms in total. The molecule has 1 aliphatic rings. The van der Waals surface area contributed by atoms with Gasteiger partial charge in [0, 0.05) is 23.1 Å². The Morgan fingerprint density at radius 1 is 1.22 bits per heavy atom. The van der Waals surface area contributed by atoms with E-state index in [0.29, 0.717) is 29.0 Å². The lowest BCUT2D eigenvalue weighted by atomic mass is 10.0. The van der Waals surface area contributed by atoms with Crippen LogP contribution >= 0.6 is 11.6 Å². The van der Waals surface area contributed by atoms with Crippen molar-refractivity contribution in [3.8, 4) is 11.5 Å². The van der Waals surface area contributed by atoms with Crippen molar-refractivity contribution >= 4 is 45.0 Å². The van der Waals surface area contributed by atoms with E-state index in [1.807, 2.05) is 18.2 Å². The van der Waals surface area contributed by atoms with Crippen LogP contribution in [0.2, 0.25) is 0 Å². The molecule has 7 heteroatoms. The van der Waals surface area contributed by atoms with Gasteiger partial charge in [0.25, 0.3) is 5.56 Å². The quantitative estimate of drug-likeness (QED) is 0.525. The highest BCUT2D eigenvalue weighted by atomic mass is 35.5. The van der Waals surface area contributed by atoms with Crippen molar-refractivity contribution in [2.24, 2.45) is 0 Å². The fourth-order valence-corrected chi connectivity index (χ4v) is 3.83. The molecule has 4 aromatic rings. The third-order valence-corrected chi connectivity index (χ3v) is 5.22. The Balaban J connectivity index is 1.72. The van der Waals surface area contributed by atoms with E-state index in [-0.39, 0.29) is 17.3 Å². The minimum atomic E-state index is -0.315. The van der Waals surface area contributed by atoms with Crippen LogP contribution in [0, 0.1) is 0 Å². The maximum Gasteiger partial charge on any atom is 0.261 e. The molecule has 27 heavy (non-hydrogen) atoms. The molecule has 0 saturated carbocycles. The summed E-state index contributed by atoms with van der Waals surface area (Å²) >= 11 is 5.53. The third-order valence-electron chi connectivity index (χ3n) is 4.98. The van der Waals surface area contributed by atoms with E-state index in [9.17, 15) is 9.59 Å². The smallest absolute Gasteiger partial charge is 0.261 e. The minimum Gasteiger partial charge on any atom is -0.352 e. The Bertz CT molecular complexity index is 1290. The average molecular weight is 379 g/mol. The predicted octanol–water partition coefficient (Wildman–Crippen LogP) is 3.28. The number of benzene rings is 2. The van der Waals surface area contributed by atoms with Crippen molar-refractivity contribution in [2.75, 3.05) is 11.2 Å². The number of carbonyl (C=O) groups is 1. The maximum absolute atomic E-state index is 13.1. The number of nitrogens with one attached hydrogen (secondary N) is 2. The number of aromatic nitrogens is 3. The fraction of sp³-hybridized carbons (Fsp3) is 0.150. The molecule has 1 aliphatic heterocycles. The van der Waals surface area contributed by atoms with Gasteiger partial charge in [-0.15, -0.1) is 11.6 Å². The molecule has 0 atom stereocenters. The molecule has 0 fully saturated rings. The molecule has 3 heterocycles. The van der Waals surface area contributed by atoms with Crippen molar-refractivity contribution in [1.82, 2.24) is 14.5 Å². The highest BCUT2D eigenvalue weighted by Gasteiger charge is 2.23. The number of rotatable bonds is 2. The van der Waals surface area contributed by atoms with E-state index in [2.05, 4.69) is 16.4 Å². The van der Waals surface area contributed by atoms with Gasteiger partial charge in [0.2, 0.25) is 5.91 Å². The highest BCUT2D eigenvalue weighted by molar-refractivity contribution is 6.29. The number of H-pyrrole nitrogens is 1. The van der Waals surface area contributed by atoms with Crippen molar-refractivity contribution < 1.29 is 4.79 Å². The molecule has 0 radical (unpaired) electrons. The number of aryl methyl sites for hydroxylation is 1. The molecule has 5 rings (SSSR count). The monoisotopic (exact) mass is 378 g/mol. The second-order valence-corrected chi connectivity index (χ2v) is 6.85. The van der Waals surface area contributed by atoms with Gasteiger partial charge in [0.05, 0.1) is 16.6 Å². The first-order valence-corrected chi connectivity index (χ1v) is 9.19. The van der Waals surface area contributed by atoms with Crippen molar-refractivity contribution in [3.05, 3.63) is 58.4 Å². The summed E-state index contributed by atoms with van der Waals surface area (Å²) in [5.74, 6) is 0.204. The number of fused-ring (bicyclic) bond motifs is 6. The summed E-state index contributed by atoms with van der Waals surface area (Å²) in [5.41, 5.74) is 4.17. The Kier molecular flexibility index (Phi) is 3.55. The maximum atomic E-state index is 13.1. The number of anilines is 1. The standard InChI is InChI=1S/C20H15ClN4O2/c21-10-17(26)22-11-5-6-16-14(9-11)20(27)25-8-7-13-12-3-1-2-4-15(12)23-18(13)19(25)24-16/h1-6,9,23H,7-8,10H2,(H,22,26). The van der Waals surface area contributed by atoms with Crippen LogP contribution in [-0.4, -0.2) is 26.3 Å². The number of para-hydroxylation sites is 1. The van der Waals surface area contributed by atoms with Gasteiger partial charge in [-0.3, -0.25) is 14.2 Å². The van der Waals surface area contributed by atoms with Crippen LogP contribution < -0.4 is 10.9 Å². The normalized spacial score (nSPS) is 12.8. The molecule has 0 spiro atoms. The van der Waals surface area contributed by atoms with Gasteiger partial charge >= 0.3 is 0 Å². The molecule has 1 amide bonds. The zero-order chi connectivity index (χ0) is 18.5. The average Bonchev–Trinajstić information content (AvgIpc) is 3.08. The Morgan fingerprint density at radius 2 is 2.07 bits per heavy atom. The number of hydrogen-bond donors (Lipinski definition) is 2. The largest absolute Gasteiger partial charge is 0.352 e. The van der Waals surface area contributed by atoms with E-state index in [1.54, 1.807) is 22.8 Å². The van der Waals surface area contributed by atoms with Gasteiger partial charge in [-0.1, -0.05) is 18.2 Å². The summed E-state index contributed by atoms with van der Waals surface area (Å²) in [7, 11) is 0. The second-order valence-electron chi connectivity index (χ2n) is 6.58. The third kappa shape index (κ3) is 2.44. The van der Waals surface area contributed by atoms with Crippen molar-refractivity contribution in [2.45, 2.75) is 13.0 Å². The SMILES string of the molecule is O=C(CCl)Nc1ccc2nc3n(c(=O)c2c1)CCc1c-3[nH]c2ccccc12. The molecular weight excluding hydrogens is 364 g/mol. The van der Waals surface area contributed by atoms with Gasteiger partial charge in [-0.2, -0.15) is 0 Å². The summed E-state index contributed by atoms with van der Waals surface area (Å²) in [5, 5.41) is 4.32. The fourth-order valence-electron chi connectivity index (χ4n) is 3.77. The highest BCUT2D eigenvalue weighted by Crippen LogP contribution is 2.33. The molecular formula is C20H15ClN4O2. The van der Waals surface area contributed by atoms with Crippen LogP contribution in [0.5, 0.6) is 0 Å². The number of aromatic amines is 1. The van der Waals surface area contributed by atoms with Crippen LogP contribution in [0.25, 0.3) is 33.3 Å². The van der Waals surface area contributed by atoms with Gasteiger partial charge in [-0.05, 0) is 36.2 Å². The van der Waals surface area contributed by atoms with E-state index in [4.69, 9.17) is 16.6 Å². The van der Waals surface area contributed by atoms with Crippen LogP contribution in [-0.2, 0) is 17.8 Å². The zero-order valence-corrected chi connectivity index (χ0v) is 15.0. The molecule has 0 unspecified atom stereocenters. The zero-order valence-electron chi connectivity index (χ0n) is 14.3. The topological polar surface area (TPSA) is 79.8 Å². The molecule has 2 aromatic carbocycles. The molecule has 2 N–H and O–H groups in total. The number of halogens is 1. The summed E-state index contributed by atoms with van der Waals surface area (Å²) in [6.07, 6.45) is 0.766. The summed E-state index contributed by atoms with van der Waals surface area (Å²) in [6, 6.07) is 13.3. The number of amides is 1. The molecule has 134 valence electrons. The first kappa shape index (κ1) is 16.1. The summed E-state index contributed by atoms with van der Waals surface area (Å²) in [4.78, 5) is 32.7. The minimum absolute atomic E-state index is 0.110. The van der Waals surface area contributed by atoms with E-state index < -0.39 is 0 Å². The van der Waals surface area contributed by atoms with Crippen molar-refractivity contribution in [3.63, 3.8) is 0 Å². The molecule has 0 aliphatic carbocycles. The van der Waals surface area contributed by atoms with Gasteiger partial charge < -0.3 is 10.3 Å². The Labute approximate surface area is 158 Å². The molecule has 0 saturated heterocycles. The lowest BCUT2D eigenvalue weighted by Gasteiger charge is -2.19. The van der Waals surface area contributed by atoms with Crippen LogP contribution in [0.4, 0.5) is 5.69 Å². The Hall–Kier alpha value is -3.12. The number of nitrogens with zero attached hydrogens (tertiary/aromatic N) is 2. The number of alkyl halides is 1. The van der Waals surface area contributed by atoms with Gasteiger partial charge in [0.1, 0.15) is 5.88 Å². The van der Waals surface area contributed by atoms with Crippen LogP contribution in [0.3, 0.4) is 0 Å².